The van der Waals surface area contributed by atoms with E-state index in [0.29, 0.717) is 28.8 Å². The van der Waals surface area contributed by atoms with Crippen LogP contribution in [0.15, 0.2) is 18.3 Å². The lowest BCUT2D eigenvalue weighted by Gasteiger charge is -2.18. The highest BCUT2D eigenvalue weighted by atomic mass is 16.6. The fraction of sp³-hybridized carbons (Fsp3) is 0.353. The van der Waals surface area contributed by atoms with E-state index in [4.69, 9.17) is 15.7 Å². The van der Waals surface area contributed by atoms with Gasteiger partial charge < -0.3 is 15.8 Å². The molecule has 9 heteroatoms. The van der Waals surface area contributed by atoms with E-state index >= 15 is 0 Å². The Morgan fingerprint density at radius 2 is 2.31 bits per heavy atom. The first-order valence-electron chi connectivity index (χ1n) is 8.20. The first kappa shape index (κ1) is 16.1. The van der Waals surface area contributed by atoms with Crippen molar-refractivity contribution in [2.75, 3.05) is 22.6 Å². The van der Waals surface area contributed by atoms with Gasteiger partial charge in [-0.1, -0.05) is 0 Å². The molecule has 26 heavy (non-hydrogen) atoms. The van der Waals surface area contributed by atoms with Crippen molar-refractivity contribution in [3.05, 3.63) is 18.3 Å². The molecule has 2 aromatic rings. The van der Waals surface area contributed by atoms with Gasteiger partial charge in [0.1, 0.15) is 24.1 Å². The van der Waals surface area contributed by atoms with Crippen molar-refractivity contribution in [1.82, 2.24) is 9.97 Å². The quantitative estimate of drug-likeness (QED) is 0.857. The Morgan fingerprint density at radius 3 is 2.96 bits per heavy atom. The fourth-order valence-corrected chi connectivity index (χ4v) is 3.03. The number of nitriles is 1. The van der Waals surface area contributed by atoms with E-state index in [2.05, 4.69) is 21.4 Å². The zero-order valence-corrected chi connectivity index (χ0v) is 14.0. The lowest BCUT2D eigenvalue weighted by Crippen LogP contribution is -2.31. The lowest BCUT2D eigenvalue weighted by atomic mass is 10.2. The molecule has 2 aromatic heterocycles. The van der Waals surface area contributed by atoms with Gasteiger partial charge in [0, 0.05) is 11.6 Å². The molecule has 0 spiro atoms. The minimum atomic E-state index is -0.470. The molecule has 0 bridgehead atoms. The molecule has 0 radical (unpaired) electrons. The average molecular weight is 352 g/mol. The predicted octanol–water partition coefficient (Wildman–Crippen LogP) is 1.66. The van der Waals surface area contributed by atoms with Crippen molar-refractivity contribution in [3.63, 3.8) is 0 Å². The molecular weight excluding hydrogens is 336 g/mol. The zero-order valence-electron chi connectivity index (χ0n) is 14.0. The third-order valence-corrected chi connectivity index (χ3v) is 4.61. The monoisotopic (exact) mass is 352 g/mol. The number of nitrogens with two attached hydrogens (primary N) is 1. The molecule has 0 aromatic carbocycles. The smallest absolute Gasteiger partial charge is 0.415 e. The summed E-state index contributed by atoms with van der Waals surface area (Å²) in [5.74, 6) is 0.268. The Hall–Kier alpha value is -3.41. The van der Waals surface area contributed by atoms with E-state index in [9.17, 15) is 9.59 Å². The molecule has 1 aliphatic carbocycles. The van der Waals surface area contributed by atoms with Crippen LogP contribution in [0.25, 0.3) is 10.8 Å². The van der Waals surface area contributed by atoms with Crippen LogP contribution in [0.5, 0.6) is 0 Å². The van der Waals surface area contributed by atoms with Gasteiger partial charge in [-0.25, -0.2) is 14.8 Å². The number of nitrogens with one attached hydrogen (secondary N) is 1. The number of cyclic esters (lactones) is 1. The van der Waals surface area contributed by atoms with E-state index in [0.717, 1.165) is 0 Å². The first-order valence-corrected chi connectivity index (χ1v) is 8.20. The van der Waals surface area contributed by atoms with Crippen LogP contribution >= 0.6 is 0 Å². The number of carbonyl (C=O) groups is 2. The molecule has 132 valence electrons. The second-order valence-electron chi connectivity index (χ2n) is 6.52. The Balaban J connectivity index is 1.65. The normalized spacial score (nSPS) is 24.2. The van der Waals surface area contributed by atoms with Crippen molar-refractivity contribution < 1.29 is 14.3 Å². The molecule has 1 aliphatic heterocycles. The van der Waals surface area contributed by atoms with Gasteiger partial charge in [-0.2, -0.15) is 5.26 Å². The van der Waals surface area contributed by atoms with Gasteiger partial charge in [0.15, 0.2) is 0 Å². The molecule has 4 rings (SSSR count). The standard InChI is InChI=1S/C17H16N6O3/c1-8-7-26-17(25)23(8)14-4-9-3-13(20-6-12(9)15(19)22-14)21-16(24)11-2-10(11)5-18/h3-4,6,8,10-11H,2,7H2,1H3,(H2,19,22)(H,20,21,24)/t8-,10-,11+/m0/s1. The molecule has 2 fully saturated rings. The molecular formula is C17H16N6O3. The minimum absolute atomic E-state index is 0.148. The van der Waals surface area contributed by atoms with E-state index in [1.165, 1.54) is 11.1 Å². The minimum Gasteiger partial charge on any atom is -0.447 e. The topological polar surface area (TPSA) is 134 Å². The summed E-state index contributed by atoms with van der Waals surface area (Å²) in [5, 5.41) is 12.9. The number of hydrogen-bond donors (Lipinski definition) is 2. The number of nitrogen functional groups attached to an aromatic ring is 1. The Bertz CT molecular complexity index is 969. The maximum atomic E-state index is 12.1. The molecule has 2 amide bonds. The number of fused-ring (bicyclic) bond motifs is 1. The van der Waals surface area contributed by atoms with E-state index < -0.39 is 6.09 Å². The van der Waals surface area contributed by atoms with Crippen molar-refractivity contribution in [1.29, 1.82) is 5.26 Å². The number of anilines is 3. The van der Waals surface area contributed by atoms with Gasteiger partial charge in [0.2, 0.25) is 5.91 Å². The molecule has 2 aliphatic rings. The summed E-state index contributed by atoms with van der Waals surface area (Å²) in [6.45, 7) is 2.14. The van der Waals surface area contributed by atoms with Gasteiger partial charge in [-0.15, -0.1) is 0 Å². The largest absolute Gasteiger partial charge is 0.447 e. The SMILES string of the molecule is C[C@H]1COC(=O)N1c1cc2cc(NC(=O)[C@@H]3C[C@H]3C#N)ncc2c(N)n1. The molecule has 1 saturated carbocycles. The third kappa shape index (κ3) is 2.65. The molecule has 3 atom stereocenters. The van der Waals surface area contributed by atoms with Crippen LogP contribution in [0.2, 0.25) is 0 Å². The number of aromatic nitrogens is 2. The van der Waals surface area contributed by atoms with Gasteiger partial charge >= 0.3 is 6.09 Å². The van der Waals surface area contributed by atoms with E-state index in [-0.39, 0.29) is 36.2 Å². The number of rotatable bonds is 3. The number of ether oxygens (including phenoxy) is 1. The molecule has 3 N–H and O–H groups in total. The van der Waals surface area contributed by atoms with Crippen LogP contribution in [-0.2, 0) is 9.53 Å². The highest BCUT2D eigenvalue weighted by molar-refractivity contribution is 5.99. The summed E-state index contributed by atoms with van der Waals surface area (Å²) in [5.41, 5.74) is 6.01. The fourth-order valence-electron chi connectivity index (χ4n) is 3.03. The average Bonchev–Trinajstić information content (AvgIpc) is 3.33. The summed E-state index contributed by atoms with van der Waals surface area (Å²) in [7, 11) is 0. The number of pyridine rings is 2. The van der Waals surface area contributed by atoms with E-state index in [1.807, 2.05) is 6.92 Å². The van der Waals surface area contributed by atoms with Gasteiger partial charge in [-0.05, 0) is 30.9 Å². The summed E-state index contributed by atoms with van der Waals surface area (Å²) in [6, 6.07) is 5.32. The van der Waals surface area contributed by atoms with E-state index in [1.54, 1.807) is 12.1 Å². The van der Waals surface area contributed by atoms with Gasteiger partial charge in [0.25, 0.3) is 0 Å². The highest BCUT2D eigenvalue weighted by Crippen LogP contribution is 2.38. The summed E-state index contributed by atoms with van der Waals surface area (Å²) < 4.78 is 5.02. The Morgan fingerprint density at radius 1 is 1.50 bits per heavy atom. The molecule has 9 nitrogen and oxygen atoms in total. The van der Waals surface area contributed by atoms with Crippen LogP contribution in [-0.4, -0.2) is 34.6 Å². The Labute approximate surface area is 148 Å². The van der Waals surface area contributed by atoms with Crippen LogP contribution in [0.4, 0.5) is 22.2 Å². The number of carbonyl (C=O) groups excluding carboxylic acids is 2. The van der Waals surface area contributed by atoms with Gasteiger partial charge in [-0.3, -0.25) is 9.69 Å². The molecule has 0 unspecified atom stereocenters. The molecule has 1 saturated heterocycles. The number of nitrogens with zero attached hydrogens (tertiary/aromatic N) is 4. The number of amides is 2. The highest BCUT2D eigenvalue weighted by Gasteiger charge is 2.43. The third-order valence-electron chi connectivity index (χ3n) is 4.61. The van der Waals surface area contributed by atoms with Crippen LogP contribution in [0, 0.1) is 23.2 Å². The first-order chi connectivity index (χ1) is 12.5. The predicted molar refractivity (Wildman–Crippen MR) is 93.1 cm³/mol. The second-order valence-corrected chi connectivity index (χ2v) is 6.52. The number of hydrogen-bond acceptors (Lipinski definition) is 7. The lowest BCUT2D eigenvalue weighted by molar-refractivity contribution is -0.117. The van der Waals surface area contributed by atoms with Crippen molar-refractivity contribution in [3.8, 4) is 6.07 Å². The molecule has 3 heterocycles. The zero-order chi connectivity index (χ0) is 18.4. The summed E-state index contributed by atoms with van der Waals surface area (Å²) in [4.78, 5) is 33.9. The second kappa shape index (κ2) is 5.84. The Kier molecular flexibility index (Phi) is 3.61. The maximum absolute atomic E-state index is 12.1. The van der Waals surface area contributed by atoms with Crippen LogP contribution in [0.3, 0.4) is 0 Å². The summed E-state index contributed by atoms with van der Waals surface area (Å²) in [6.07, 6.45) is 1.63. The van der Waals surface area contributed by atoms with Gasteiger partial charge in [0.05, 0.1) is 23.9 Å². The van der Waals surface area contributed by atoms with Crippen molar-refractivity contribution in [2.45, 2.75) is 19.4 Å². The summed E-state index contributed by atoms with van der Waals surface area (Å²) >= 11 is 0. The van der Waals surface area contributed by atoms with Crippen molar-refractivity contribution >= 4 is 40.2 Å². The van der Waals surface area contributed by atoms with Crippen molar-refractivity contribution in [2.24, 2.45) is 11.8 Å². The van der Waals surface area contributed by atoms with Crippen LogP contribution in [0.1, 0.15) is 13.3 Å². The maximum Gasteiger partial charge on any atom is 0.415 e. The van der Waals surface area contributed by atoms with Crippen LogP contribution < -0.4 is 16.0 Å².